The van der Waals surface area contributed by atoms with Crippen LogP contribution in [0.1, 0.15) is 167 Å². The van der Waals surface area contributed by atoms with Crippen molar-refractivity contribution < 1.29 is 242 Å². The maximum absolute atomic E-state index is 16.9. The van der Waals surface area contributed by atoms with Gasteiger partial charge in [-0.05, 0) is 152 Å². The van der Waals surface area contributed by atoms with E-state index in [1.165, 1.54) is 52.0 Å². The van der Waals surface area contributed by atoms with Crippen LogP contribution in [0.2, 0.25) is 0 Å². The molecule has 1 unspecified atom stereocenters. The van der Waals surface area contributed by atoms with Crippen molar-refractivity contribution in [3.63, 3.8) is 0 Å². The molecule has 9 saturated heterocycles. The predicted octanol–water partition coefficient (Wildman–Crippen LogP) is -6.57. The molecule has 54 atom stereocenters. The van der Waals surface area contributed by atoms with E-state index in [1.807, 2.05) is 20.8 Å². The molecule has 0 spiro atoms. The van der Waals surface area contributed by atoms with Crippen LogP contribution in [0.25, 0.3) is 0 Å². The number of carbonyl (C=O) groups is 3. The molecule has 9 aliphatic heterocycles. The fourth-order valence-corrected chi connectivity index (χ4v) is 25.4. The number of aliphatic hydroxyl groups excluding tert-OH is 26. The molecule has 0 aromatic carbocycles. The lowest BCUT2D eigenvalue weighted by atomic mass is 9.33. The van der Waals surface area contributed by atoms with Gasteiger partial charge in [0.05, 0.1) is 93.5 Å². The van der Waals surface area contributed by atoms with E-state index in [0.717, 1.165) is 0 Å². The SMILES string of the molecule is C=C[C@](C)(CC/C=C(\C)C(=O)O[C@H]1[C@H](O[C@](C)(C=C)CC/C=C(\CO)C(=O)OC2C[C@]3(C(=O)O[C@@H]4O[C@H](CO)[C@@H](O)[C@H](O)[C@H]4O[C@@H]4O[C@@H](C)[C@H](O[C@@H]5O[C@H](CO)[C@@H](O)[C@@H]5O)[C@@H](O[C@@H]5O[C@H](CO)[C@@H](O)[C@H](O)[C@H]5O)[C@H]4O)[C@@H](O)C[C@]4(C)C(=CC[C@@H]5[C@@]6(C)CC[C@H](O[C@@H]7O[C@H](CO[C@@H]8OC[C@@H](O)[C@@H](O)[C@@H]8O[C@@H]8OC[C@@H](O)[C@H](O)[C@H]8O)[C@@H](O)[C@H](O)[C@H]7O)C(C)(C)[C@H]6CC[C@]54C)[C@@H]3CC2(C)C)O[C@H](C)[C@@H](O)[C@@H]1O)O[C@@H]1O[C@H](C)[C@@H](O)[C@H](O)[C@H]1O. The summed E-state index contributed by atoms with van der Waals surface area (Å²) in [5, 5.41) is 290. The van der Waals surface area contributed by atoms with Crippen LogP contribution >= 0.6 is 0 Å². The van der Waals surface area contributed by atoms with Gasteiger partial charge < -0.3 is 228 Å². The van der Waals surface area contributed by atoms with Crippen molar-refractivity contribution in [1.82, 2.24) is 0 Å². The number of rotatable bonds is 35. The third-order valence-electron chi connectivity index (χ3n) is 35.3. The summed E-state index contributed by atoms with van der Waals surface area (Å²) in [4.78, 5) is 46.1. The summed E-state index contributed by atoms with van der Waals surface area (Å²) in [6, 6.07) is 0. The van der Waals surface area contributed by atoms with Gasteiger partial charge in [0, 0.05) is 17.4 Å². The number of carbonyl (C=O) groups excluding carboxylic acids is 3. The molecule has 858 valence electrons. The number of aliphatic hydroxyl groups is 26. The fourth-order valence-electron chi connectivity index (χ4n) is 25.4. The van der Waals surface area contributed by atoms with Crippen molar-refractivity contribution in [2.75, 3.05) is 46.2 Å². The fraction of sp³-hybridized carbons (Fsp3) is 0.871. The summed E-state index contributed by atoms with van der Waals surface area (Å²) < 4.78 is 122. The smallest absolute Gasteiger partial charge is 0.336 e. The minimum absolute atomic E-state index is 0.0333. The van der Waals surface area contributed by atoms with Gasteiger partial charge >= 0.3 is 17.9 Å². The van der Waals surface area contributed by atoms with Crippen LogP contribution in [-0.2, 0) is 109 Å². The minimum atomic E-state index is -2.30. The van der Waals surface area contributed by atoms with Gasteiger partial charge in [-0.15, -0.1) is 13.2 Å². The molecule has 14 rings (SSSR count). The number of allylic oxidation sites excluding steroid dienone is 4. The topological polar surface area (TPSA) is 762 Å². The Hall–Kier alpha value is -4.61. The first-order valence-electron chi connectivity index (χ1n) is 51.8. The number of esters is 3. The third-order valence-corrected chi connectivity index (χ3v) is 35.3. The molecule has 13 fully saturated rings. The molecule has 9 heterocycles. The van der Waals surface area contributed by atoms with Crippen molar-refractivity contribution in [3.05, 3.63) is 60.3 Å². The van der Waals surface area contributed by atoms with E-state index in [2.05, 4.69) is 33.1 Å². The predicted molar refractivity (Wildman–Crippen MR) is 503 cm³/mol. The molecule has 0 amide bonds. The van der Waals surface area contributed by atoms with E-state index in [1.54, 1.807) is 27.7 Å². The monoisotopic (exact) mass is 2160 g/mol. The summed E-state index contributed by atoms with van der Waals surface area (Å²) in [5.41, 5.74) is -8.94. The highest BCUT2D eigenvalue weighted by atomic mass is 16.8. The normalized spacial score (nSPS) is 49.2. The van der Waals surface area contributed by atoms with E-state index in [9.17, 15) is 138 Å². The van der Waals surface area contributed by atoms with Gasteiger partial charge in [0.25, 0.3) is 0 Å². The lowest BCUT2D eigenvalue weighted by Gasteiger charge is -2.72. The van der Waals surface area contributed by atoms with Gasteiger partial charge in [-0.1, -0.05) is 84.4 Å². The Morgan fingerprint density at radius 2 is 0.893 bits per heavy atom. The summed E-state index contributed by atoms with van der Waals surface area (Å²) in [5.74, 6) is -4.82. The molecule has 14 aliphatic rings. The van der Waals surface area contributed by atoms with Crippen molar-refractivity contribution in [1.29, 1.82) is 0 Å². The quantitative estimate of drug-likeness (QED) is 0.00922. The minimum Gasteiger partial charge on any atom is -0.458 e. The lowest BCUT2D eigenvalue weighted by molar-refractivity contribution is -0.390. The second-order valence-corrected chi connectivity index (χ2v) is 45.7. The molecule has 150 heavy (non-hydrogen) atoms. The molecule has 0 aromatic heterocycles. The molecule has 49 heteroatoms. The van der Waals surface area contributed by atoms with Crippen LogP contribution in [0.5, 0.6) is 0 Å². The summed E-state index contributed by atoms with van der Waals surface area (Å²) in [6.45, 7) is 25.4. The molecule has 26 N–H and O–H groups in total. The standard InChI is InChI=1S/C101H160O49/c1-16-96(11,149-89-75(126)66(117)58(109)41(4)134-89)26-18-20-40(3)82(128)143-81-69(120)59(110)42(5)135-92(81)150-97(12,17-2)27-19-21-44(33-102)83(129)141-57-32-101(93(130)148-91-80(70(121)63(114)50(35-104)139-91)147-88-76(127)78(145-87-74(125)67(118)62(113)49(34-103)137-87)77(43(6)136-88)144-86-72(123)64(115)51(36-105)138-86)46(30-94(57,7)8)45-22-23-54-98(13)28-25-56(95(9,10)53(98)24-29-99(54,14)100(45,15)31-55(101)108)142-85-73(124)68(119)65(116)52(140-85)39-133-90-79(61(112)48(107)38-132-90)146-84-71(122)60(111)47(106)37-131-84/h16-17,20-22,41-43,46-81,84-92,102-127H,1-2,18-19,23-39H2,3-15H3/b40-20+,44-21+/t41-,42-,43+,46+,47-,48-,49-,50-,51-,52-,53-,54-,55+,56+,57?,58-,59-,60+,61-,62-,63-,64-,65-,66+,67+,68+,69+,70+,71-,72+,73-,74-,75-,76-,77+,78+,79+,80-,81-,84+,85+,86+,87+,88+,89+,90+,91+,92+,96-,97-,98+,99-,100-,101-/m1/s1. The second kappa shape index (κ2) is 47.7. The molecule has 5 aliphatic carbocycles. The third kappa shape index (κ3) is 23.3. The zero-order valence-corrected chi connectivity index (χ0v) is 86.5. The Morgan fingerprint density at radius 3 is 1.49 bits per heavy atom. The largest absolute Gasteiger partial charge is 0.458 e. The van der Waals surface area contributed by atoms with Gasteiger partial charge in [-0.3, -0.25) is 4.79 Å². The molecule has 4 saturated carbocycles. The van der Waals surface area contributed by atoms with Gasteiger partial charge in [-0.25, -0.2) is 9.59 Å². The molecule has 0 aromatic rings. The van der Waals surface area contributed by atoms with Gasteiger partial charge in [0.1, 0.15) is 182 Å². The first kappa shape index (κ1) is 121. The average molecular weight is 2160 g/mol. The van der Waals surface area contributed by atoms with Crippen molar-refractivity contribution in [3.8, 4) is 0 Å². The Morgan fingerprint density at radius 1 is 0.427 bits per heavy atom. The molecule has 0 radical (unpaired) electrons. The molecule has 49 nitrogen and oxygen atoms in total. The van der Waals surface area contributed by atoms with Crippen LogP contribution in [-0.4, -0.2) is 484 Å². The van der Waals surface area contributed by atoms with Crippen molar-refractivity contribution >= 4 is 17.9 Å². The Labute approximate surface area is 867 Å². The number of fused-ring (bicyclic) bond motifs is 7. The van der Waals surface area contributed by atoms with E-state index in [4.69, 9.17) is 94.7 Å². The second-order valence-electron chi connectivity index (χ2n) is 45.7. The van der Waals surface area contributed by atoms with E-state index < -0.39 is 397 Å². The van der Waals surface area contributed by atoms with Crippen molar-refractivity contribution in [2.24, 2.45) is 50.2 Å². The van der Waals surface area contributed by atoms with Gasteiger partial charge in [0.2, 0.25) is 6.29 Å². The van der Waals surface area contributed by atoms with E-state index in [0.29, 0.717) is 37.7 Å². The average Bonchev–Trinajstić information content (AvgIpc) is 0.699. The Kier molecular flexibility index (Phi) is 38.4. The van der Waals surface area contributed by atoms with Crippen LogP contribution in [0.4, 0.5) is 0 Å². The summed E-state index contributed by atoms with van der Waals surface area (Å²) in [7, 11) is 0. The highest BCUT2D eigenvalue weighted by Gasteiger charge is 2.75. The van der Waals surface area contributed by atoms with Crippen LogP contribution in [0.3, 0.4) is 0 Å². The lowest BCUT2D eigenvalue weighted by Crippen LogP contribution is -2.70. The number of hydrogen-bond donors (Lipinski definition) is 26. The molecular weight excluding hydrogens is 2000 g/mol. The molecule has 0 bridgehead atoms. The highest BCUT2D eigenvalue weighted by molar-refractivity contribution is 5.89. The summed E-state index contributed by atoms with van der Waals surface area (Å²) in [6.07, 6.45) is -68.1. The Balaban J connectivity index is 0.732. The number of hydrogen-bond acceptors (Lipinski definition) is 49. The molecular formula is C101H160O49. The first-order valence-corrected chi connectivity index (χ1v) is 51.8. The van der Waals surface area contributed by atoms with E-state index in [-0.39, 0.29) is 61.5 Å². The number of ether oxygens (including phenoxy) is 20. The highest BCUT2D eigenvalue weighted by Crippen LogP contribution is 2.77. The zero-order valence-electron chi connectivity index (χ0n) is 86.5. The summed E-state index contributed by atoms with van der Waals surface area (Å²) >= 11 is 0. The Bertz CT molecular complexity index is 4630. The zero-order chi connectivity index (χ0) is 110. The van der Waals surface area contributed by atoms with Crippen molar-refractivity contribution in [2.45, 2.75) is 455 Å². The van der Waals surface area contributed by atoms with Crippen LogP contribution in [0, 0.1) is 50.2 Å². The maximum atomic E-state index is 16.9. The maximum Gasteiger partial charge on any atom is 0.336 e. The first-order chi connectivity index (χ1) is 70.3. The van der Waals surface area contributed by atoms with Crippen LogP contribution in [0.15, 0.2) is 60.3 Å². The van der Waals surface area contributed by atoms with Gasteiger partial charge in [0.15, 0.2) is 62.5 Å². The van der Waals surface area contributed by atoms with Gasteiger partial charge in [-0.2, -0.15) is 0 Å². The van der Waals surface area contributed by atoms with E-state index >= 15 is 9.59 Å². The van der Waals surface area contributed by atoms with Crippen LogP contribution < -0.4 is 0 Å².